The second-order valence-corrected chi connectivity index (χ2v) is 8.68. The molecule has 0 fully saturated rings. The highest BCUT2D eigenvalue weighted by atomic mass is 32.2. The number of carbonyl (C=O) groups excluding carboxylic acids is 1. The second kappa shape index (κ2) is 10.2. The van der Waals surface area contributed by atoms with Crippen LogP contribution in [0.5, 0.6) is 0 Å². The normalized spacial score (nSPS) is 10.8. The number of rotatable bonds is 9. The molecule has 0 radical (unpaired) electrons. The van der Waals surface area contributed by atoms with E-state index < -0.39 is 4.92 Å². The summed E-state index contributed by atoms with van der Waals surface area (Å²) in [4.78, 5) is 39.3. The number of non-ortho nitro benzene ring substituents is 1. The van der Waals surface area contributed by atoms with Crippen LogP contribution in [0.4, 0.5) is 10.8 Å². The largest absolute Gasteiger partial charge is 0.343 e. The first-order chi connectivity index (χ1) is 16.0. The lowest BCUT2D eigenvalue weighted by Gasteiger charge is -2.06. The van der Waals surface area contributed by atoms with Crippen LogP contribution in [0.1, 0.15) is 5.56 Å². The zero-order chi connectivity index (χ0) is 23.2. The molecular weight excluding hydrogens is 464 g/mol. The SMILES string of the molecule is O=C(CSc1n[nH]c(=O)n1CCc1ccccc1)Nc1nc(-c2cccc([N+](=O)[O-])c2)cs1. The standard InChI is InChI=1S/C21H18N6O4S2/c28-18(23-19-22-17(12-32-19)15-7-4-8-16(11-15)27(30)31)13-33-21-25-24-20(29)26(21)10-9-14-5-2-1-3-6-14/h1-8,11-12H,9-10,13H2,(H,24,29)(H,22,23,28). The number of nitrogens with one attached hydrogen (secondary N) is 2. The van der Waals surface area contributed by atoms with Crippen LogP contribution in [0, 0.1) is 10.1 Å². The van der Waals surface area contributed by atoms with Gasteiger partial charge in [0.25, 0.3) is 5.69 Å². The first-order valence-corrected chi connectivity index (χ1v) is 11.7. The molecule has 0 bridgehead atoms. The van der Waals surface area contributed by atoms with E-state index in [4.69, 9.17) is 0 Å². The van der Waals surface area contributed by atoms with Gasteiger partial charge in [-0.25, -0.2) is 14.9 Å². The number of amides is 1. The van der Waals surface area contributed by atoms with Crippen LogP contribution in [0.3, 0.4) is 0 Å². The summed E-state index contributed by atoms with van der Waals surface area (Å²) in [5.74, 6) is -0.258. The molecule has 0 aliphatic carbocycles. The molecule has 0 aliphatic rings. The first-order valence-electron chi connectivity index (χ1n) is 9.82. The zero-order valence-electron chi connectivity index (χ0n) is 17.1. The highest BCUT2D eigenvalue weighted by Crippen LogP contribution is 2.27. The molecule has 0 saturated carbocycles. The highest BCUT2D eigenvalue weighted by Gasteiger charge is 2.14. The van der Waals surface area contributed by atoms with Crippen LogP contribution < -0.4 is 11.0 Å². The van der Waals surface area contributed by atoms with Crippen LogP contribution >= 0.6 is 23.1 Å². The van der Waals surface area contributed by atoms with Crippen molar-refractivity contribution < 1.29 is 9.72 Å². The van der Waals surface area contributed by atoms with E-state index in [1.54, 1.807) is 17.5 Å². The third kappa shape index (κ3) is 5.73. The van der Waals surface area contributed by atoms with Crippen LogP contribution in [0.25, 0.3) is 11.3 Å². The molecule has 168 valence electrons. The van der Waals surface area contributed by atoms with E-state index in [-0.39, 0.29) is 23.0 Å². The van der Waals surface area contributed by atoms with Gasteiger partial charge in [-0.15, -0.1) is 16.4 Å². The van der Waals surface area contributed by atoms with Gasteiger partial charge in [0, 0.05) is 29.6 Å². The van der Waals surface area contributed by atoms with Crippen molar-refractivity contribution in [1.82, 2.24) is 19.7 Å². The molecule has 0 unspecified atom stereocenters. The predicted molar refractivity (Wildman–Crippen MR) is 127 cm³/mol. The van der Waals surface area contributed by atoms with Crippen LogP contribution in [0.15, 0.2) is 69.9 Å². The molecule has 0 aliphatic heterocycles. The van der Waals surface area contributed by atoms with E-state index in [0.29, 0.717) is 34.5 Å². The molecule has 0 atom stereocenters. The lowest BCUT2D eigenvalue weighted by molar-refractivity contribution is -0.384. The van der Waals surface area contributed by atoms with Gasteiger partial charge in [-0.1, -0.05) is 54.2 Å². The number of aromatic nitrogens is 4. The first kappa shape index (κ1) is 22.4. The Hall–Kier alpha value is -3.77. The summed E-state index contributed by atoms with van der Waals surface area (Å²) in [6.07, 6.45) is 0.666. The van der Waals surface area contributed by atoms with Crippen LogP contribution in [-0.4, -0.2) is 36.3 Å². The molecule has 2 aromatic heterocycles. The number of anilines is 1. The topological polar surface area (TPSA) is 136 Å². The minimum atomic E-state index is -0.468. The van der Waals surface area contributed by atoms with E-state index in [1.165, 1.54) is 28.0 Å². The van der Waals surface area contributed by atoms with Gasteiger partial charge in [-0.05, 0) is 12.0 Å². The van der Waals surface area contributed by atoms with Gasteiger partial charge in [0.1, 0.15) is 0 Å². The quantitative estimate of drug-likeness (QED) is 0.211. The van der Waals surface area contributed by atoms with Crippen molar-refractivity contribution in [2.75, 3.05) is 11.1 Å². The molecule has 0 saturated heterocycles. The Balaban J connectivity index is 1.35. The number of nitro benzene ring substituents is 1. The molecule has 1 amide bonds. The van der Waals surface area contributed by atoms with Gasteiger partial charge in [0.15, 0.2) is 10.3 Å². The zero-order valence-corrected chi connectivity index (χ0v) is 18.8. The Bertz CT molecular complexity index is 1330. The van der Waals surface area contributed by atoms with Crippen molar-refractivity contribution in [3.05, 3.63) is 86.1 Å². The number of nitro groups is 1. The minimum Gasteiger partial charge on any atom is -0.301 e. The molecule has 4 rings (SSSR count). The molecule has 0 spiro atoms. The minimum absolute atomic E-state index is 0.0280. The number of thioether (sulfide) groups is 1. The summed E-state index contributed by atoms with van der Waals surface area (Å²) in [5, 5.41) is 22.6. The molecule has 12 heteroatoms. The molecule has 4 aromatic rings. The van der Waals surface area contributed by atoms with Crippen LogP contribution in [-0.2, 0) is 17.8 Å². The maximum absolute atomic E-state index is 12.4. The Morgan fingerprint density at radius 2 is 2.03 bits per heavy atom. The number of hydrogen-bond acceptors (Lipinski definition) is 8. The Morgan fingerprint density at radius 1 is 1.21 bits per heavy atom. The number of thiazole rings is 1. The van der Waals surface area contributed by atoms with Crippen molar-refractivity contribution in [3.63, 3.8) is 0 Å². The van der Waals surface area contributed by atoms with E-state index in [2.05, 4.69) is 20.5 Å². The van der Waals surface area contributed by atoms with Crippen molar-refractivity contribution in [3.8, 4) is 11.3 Å². The fraction of sp³-hybridized carbons (Fsp3) is 0.143. The van der Waals surface area contributed by atoms with Gasteiger partial charge in [-0.3, -0.25) is 19.5 Å². The Labute approximate surface area is 195 Å². The molecule has 2 aromatic carbocycles. The number of benzene rings is 2. The summed E-state index contributed by atoms with van der Waals surface area (Å²) in [7, 11) is 0. The van der Waals surface area contributed by atoms with E-state index in [1.807, 2.05) is 30.3 Å². The van der Waals surface area contributed by atoms with E-state index in [0.717, 1.165) is 17.3 Å². The molecule has 10 nitrogen and oxygen atoms in total. The third-order valence-corrected chi connectivity index (χ3v) is 6.36. The average Bonchev–Trinajstić information content (AvgIpc) is 3.43. The van der Waals surface area contributed by atoms with Crippen molar-refractivity contribution in [2.45, 2.75) is 18.1 Å². The number of carbonyl (C=O) groups is 1. The number of nitrogens with zero attached hydrogens (tertiary/aromatic N) is 4. The smallest absolute Gasteiger partial charge is 0.301 e. The molecule has 33 heavy (non-hydrogen) atoms. The average molecular weight is 483 g/mol. The predicted octanol–water partition coefficient (Wildman–Crippen LogP) is 3.58. The number of hydrogen-bond donors (Lipinski definition) is 2. The van der Waals surface area contributed by atoms with Gasteiger partial charge in [-0.2, -0.15) is 0 Å². The maximum atomic E-state index is 12.4. The number of aryl methyl sites for hydroxylation is 1. The van der Waals surface area contributed by atoms with Crippen molar-refractivity contribution in [2.24, 2.45) is 0 Å². The Kier molecular flexibility index (Phi) is 6.95. The molecule has 2 heterocycles. The highest BCUT2D eigenvalue weighted by molar-refractivity contribution is 7.99. The summed E-state index contributed by atoms with van der Waals surface area (Å²) in [6.45, 7) is 0.447. The molecular formula is C21H18N6O4S2. The van der Waals surface area contributed by atoms with Crippen molar-refractivity contribution >= 4 is 39.8 Å². The van der Waals surface area contributed by atoms with E-state index in [9.17, 15) is 19.7 Å². The Morgan fingerprint density at radius 3 is 2.82 bits per heavy atom. The third-order valence-electron chi connectivity index (χ3n) is 4.63. The van der Waals surface area contributed by atoms with Crippen molar-refractivity contribution in [1.29, 1.82) is 0 Å². The van der Waals surface area contributed by atoms with Crippen LogP contribution in [0.2, 0.25) is 0 Å². The summed E-state index contributed by atoms with van der Waals surface area (Å²) < 4.78 is 1.51. The van der Waals surface area contributed by atoms with Gasteiger partial charge < -0.3 is 5.32 Å². The lowest BCUT2D eigenvalue weighted by atomic mass is 10.1. The second-order valence-electron chi connectivity index (χ2n) is 6.88. The summed E-state index contributed by atoms with van der Waals surface area (Å²) in [6, 6.07) is 15.9. The van der Waals surface area contributed by atoms with Gasteiger partial charge in [0.05, 0.1) is 16.4 Å². The van der Waals surface area contributed by atoms with E-state index >= 15 is 0 Å². The fourth-order valence-corrected chi connectivity index (χ4v) is 4.53. The fourth-order valence-electron chi connectivity index (χ4n) is 3.02. The molecule has 2 N–H and O–H groups in total. The van der Waals surface area contributed by atoms with Gasteiger partial charge >= 0.3 is 5.69 Å². The summed E-state index contributed by atoms with van der Waals surface area (Å²) >= 11 is 2.37. The lowest BCUT2D eigenvalue weighted by Crippen LogP contribution is -2.20. The monoisotopic (exact) mass is 482 g/mol. The summed E-state index contributed by atoms with van der Waals surface area (Å²) in [5.41, 5.74) is 1.88. The number of H-pyrrole nitrogens is 1. The maximum Gasteiger partial charge on any atom is 0.343 e. The number of aromatic amines is 1. The van der Waals surface area contributed by atoms with Gasteiger partial charge in [0.2, 0.25) is 5.91 Å².